The normalized spacial score (nSPS) is 18.5. The van der Waals surface area contributed by atoms with E-state index in [-0.39, 0.29) is 17.4 Å². The predicted octanol–water partition coefficient (Wildman–Crippen LogP) is 6.84. The number of nitrogens with zero attached hydrogens (tertiary/aromatic N) is 2. The number of aromatic nitrogens is 1. The first kappa shape index (κ1) is 29.4. The molecule has 1 saturated heterocycles. The molecule has 46 heavy (non-hydrogen) atoms. The van der Waals surface area contributed by atoms with Crippen LogP contribution in [0.2, 0.25) is 0 Å². The van der Waals surface area contributed by atoms with Crippen LogP contribution in [0.3, 0.4) is 0 Å². The number of benzene rings is 4. The molecule has 1 fully saturated rings. The minimum absolute atomic E-state index is 0.00530. The number of rotatable bonds is 8. The number of fused-ring (bicyclic) bond motifs is 2. The molecule has 232 valence electrons. The van der Waals surface area contributed by atoms with Crippen molar-refractivity contribution in [3.05, 3.63) is 113 Å². The number of Topliss-reactive ketones (excluding diaryl/α,β-unsaturated/α-hetero) is 1. The van der Waals surface area contributed by atoms with Gasteiger partial charge in [-0.2, -0.15) is 0 Å². The van der Waals surface area contributed by atoms with Crippen molar-refractivity contribution in [3.63, 3.8) is 0 Å². The van der Waals surface area contributed by atoms with Crippen LogP contribution < -0.4 is 23.8 Å². The van der Waals surface area contributed by atoms with Crippen molar-refractivity contribution >= 4 is 44.1 Å². The first-order valence-corrected chi connectivity index (χ1v) is 15.6. The summed E-state index contributed by atoms with van der Waals surface area (Å²) in [5.74, 6) is 0.406. The van der Waals surface area contributed by atoms with Gasteiger partial charge in [-0.3, -0.25) is 14.5 Å². The number of amides is 1. The Labute approximate surface area is 269 Å². The van der Waals surface area contributed by atoms with E-state index in [1.54, 1.807) is 49.6 Å². The van der Waals surface area contributed by atoms with E-state index in [2.05, 4.69) is 0 Å². The van der Waals surface area contributed by atoms with Gasteiger partial charge in [-0.15, -0.1) is 0 Å². The van der Waals surface area contributed by atoms with Gasteiger partial charge in [0.2, 0.25) is 0 Å². The lowest BCUT2D eigenvalue weighted by molar-refractivity contribution is -0.132. The van der Waals surface area contributed by atoms with Crippen LogP contribution in [0.15, 0.2) is 90.5 Å². The molecule has 2 atom stereocenters. The summed E-state index contributed by atoms with van der Waals surface area (Å²) in [5, 5.41) is 12.1. The van der Waals surface area contributed by atoms with Gasteiger partial charge in [-0.25, -0.2) is 4.98 Å². The summed E-state index contributed by atoms with van der Waals surface area (Å²) in [4.78, 5) is 33.7. The Morgan fingerprint density at radius 3 is 2.59 bits per heavy atom. The minimum Gasteiger partial charge on any atom is -0.507 e. The fourth-order valence-electron chi connectivity index (χ4n) is 5.90. The predicted molar refractivity (Wildman–Crippen MR) is 175 cm³/mol. The standard InChI is InChI=1S/C36H30N2O7S/c1-20-15-24-16-23(10-13-27(24)45-20)33(39)31-32(22-9-14-28(29(17-22)43-3)44-19-21-7-5-4-6-8-21)38(35(41)34(31)40)36-37-26-12-11-25(42-2)18-30(26)46-36/h4-14,16-18,20,32,39H,15,19H2,1-3H3/b33-31+. The molecule has 2 aliphatic heterocycles. The summed E-state index contributed by atoms with van der Waals surface area (Å²) in [7, 11) is 3.11. The molecule has 4 aromatic carbocycles. The SMILES string of the molecule is COc1ccc2nc(N3C(=O)C(=O)/C(=C(/O)c4ccc5c(c4)CC(C)O5)C3c3ccc(OCc4ccccc4)c(OC)c3)sc2c1. The molecule has 1 aromatic heterocycles. The summed E-state index contributed by atoms with van der Waals surface area (Å²) in [5.41, 5.74) is 3.47. The fraction of sp³-hybridized carbons (Fsp3) is 0.194. The highest BCUT2D eigenvalue weighted by Gasteiger charge is 2.48. The van der Waals surface area contributed by atoms with Crippen LogP contribution in [0.5, 0.6) is 23.0 Å². The molecule has 2 unspecified atom stereocenters. The molecule has 1 N–H and O–H groups in total. The van der Waals surface area contributed by atoms with Gasteiger partial charge in [0.25, 0.3) is 5.78 Å². The molecule has 7 rings (SSSR count). The maximum atomic E-state index is 13.8. The molecule has 10 heteroatoms. The molecule has 2 aliphatic rings. The molecule has 9 nitrogen and oxygen atoms in total. The third-order valence-corrected chi connectivity index (χ3v) is 9.16. The number of ether oxygens (including phenoxy) is 4. The number of carbonyl (C=O) groups excluding carboxylic acids is 2. The summed E-state index contributed by atoms with van der Waals surface area (Å²) in [6, 6.07) is 24.7. The van der Waals surface area contributed by atoms with Crippen molar-refractivity contribution in [2.75, 3.05) is 19.1 Å². The van der Waals surface area contributed by atoms with Gasteiger partial charge in [-0.1, -0.05) is 47.7 Å². The van der Waals surface area contributed by atoms with Crippen LogP contribution in [0.25, 0.3) is 16.0 Å². The number of hydrogen-bond donors (Lipinski definition) is 1. The van der Waals surface area contributed by atoms with Crippen LogP contribution in [0, 0.1) is 0 Å². The second kappa shape index (κ2) is 11.9. The van der Waals surface area contributed by atoms with Crippen LogP contribution >= 0.6 is 11.3 Å². The van der Waals surface area contributed by atoms with Gasteiger partial charge in [0.15, 0.2) is 16.6 Å². The number of ketones is 1. The zero-order valence-electron chi connectivity index (χ0n) is 25.4. The maximum absolute atomic E-state index is 13.8. The molecule has 0 bridgehead atoms. The number of anilines is 1. The lowest BCUT2D eigenvalue weighted by atomic mass is 9.94. The van der Waals surface area contributed by atoms with Gasteiger partial charge in [0.1, 0.15) is 30.0 Å². The van der Waals surface area contributed by atoms with Crippen LogP contribution in [-0.2, 0) is 22.6 Å². The highest BCUT2D eigenvalue weighted by atomic mass is 32.1. The van der Waals surface area contributed by atoms with Crippen molar-refractivity contribution in [1.29, 1.82) is 0 Å². The fourth-order valence-corrected chi connectivity index (χ4v) is 6.92. The van der Waals surface area contributed by atoms with E-state index in [1.807, 2.05) is 49.4 Å². The number of thiazole rings is 1. The number of aliphatic hydroxyl groups excluding tert-OH is 1. The molecule has 0 saturated carbocycles. The van der Waals surface area contributed by atoms with Crippen LogP contribution in [0.1, 0.15) is 35.2 Å². The Morgan fingerprint density at radius 2 is 1.80 bits per heavy atom. The average Bonchev–Trinajstić information content (AvgIpc) is 3.75. The topological polar surface area (TPSA) is 107 Å². The number of aliphatic hydroxyl groups is 1. The Kier molecular flexibility index (Phi) is 7.58. The maximum Gasteiger partial charge on any atom is 0.301 e. The van der Waals surface area contributed by atoms with E-state index in [9.17, 15) is 14.7 Å². The quantitative estimate of drug-likeness (QED) is 0.112. The Bertz CT molecular complexity index is 2020. The van der Waals surface area contributed by atoms with E-state index in [4.69, 9.17) is 23.9 Å². The van der Waals surface area contributed by atoms with Crippen LogP contribution in [-0.4, -0.2) is 42.1 Å². The van der Waals surface area contributed by atoms with Gasteiger partial charge >= 0.3 is 5.91 Å². The summed E-state index contributed by atoms with van der Waals surface area (Å²) < 4.78 is 23.8. The van der Waals surface area contributed by atoms with Crippen molar-refractivity contribution < 1.29 is 33.6 Å². The molecule has 0 spiro atoms. The summed E-state index contributed by atoms with van der Waals surface area (Å²) in [6.45, 7) is 2.30. The molecule has 0 aliphatic carbocycles. The van der Waals surface area contributed by atoms with E-state index in [0.29, 0.717) is 52.1 Å². The number of hydrogen-bond acceptors (Lipinski definition) is 9. The smallest absolute Gasteiger partial charge is 0.301 e. The second-order valence-corrected chi connectivity index (χ2v) is 12.1. The monoisotopic (exact) mass is 634 g/mol. The molecular weight excluding hydrogens is 604 g/mol. The molecule has 5 aromatic rings. The largest absolute Gasteiger partial charge is 0.507 e. The van der Waals surface area contributed by atoms with Crippen LogP contribution in [0.4, 0.5) is 5.13 Å². The van der Waals surface area contributed by atoms with E-state index >= 15 is 0 Å². The second-order valence-electron chi connectivity index (χ2n) is 11.1. The third-order valence-electron chi connectivity index (χ3n) is 8.14. The molecular formula is C36H30N2O7S. The van der Waals surface area contributed by atoms with Crippen molar-refractivity contribution in [3.8, 4) is 23.0 Å². The zero-order chi connectivity index (χ0) is 31.9. The highest BCUT2D eigenvalue weighted by molar-refractivity contribution is 7.22. The van der Waals surface area contributed by atoms with Gasteiger partial charge in [0, 0.05) is 12.0 Å². The lowest BCUT2D eigenvalue weighted by Crippen LogP contribution is -2.29. The first-order valence-electron chi connectivity index (χ1n) is 14.7. The number of carbonyl (C=O) groups is 2. The van der Waals surface area contributed by atoms with Gasteiger partial charge < -0.3 is 24.1 Å². The number of methoxy groups -OCH3 is 2. The molecule has 1 amide bonds. The van der Waals surface area contributed by atoms with E-state index in [1.165, 1.54) is 23.3 Å². The highest BCUT2D eigenvalue weighted by Crippen LogP contribution is 2.46. The van der Waals surface area contributed by atoms with E-state index < -0.39 is 17.7 Å². The molecule has 3 heterocycles. The van der Waals surface area contributed by atoms with Crippen molar-refractivity contribution in [2.45, 2.75) is 32.1 Å². The van der Waals surface area contributed by atoms with Gasteiger partial charge in [-0.05, 0) is 72.1 Å². The third kappa shape index (κ3) is 5.20. The van der Waals surface area contributed by atoms with Gasteiger partial charge in [0.05, 0.1) is 36.1 Å². The summed E-state index contributed by atoms with van der Waals surface area (Å²) >= 11 is 1.26. The van der Waals surface area contributed by atoms with Crippen molar-refractivity contribution in [1.82, 2.24) is 4.98 Å². The minimum atomic E-state index is -0.997. The Balaban J connectivity index is 1.35. The summed E-state index contributed by atoms with van der Waals surface area (Å²) in [6.07, 6.45) is 0.677. The van der Waals surface area contributed by atoms with Crippen molar-refractivity contribution in [2.24, 2.45) is 0 Å². The lowest BCUT2D eigenvalue weighted by Gasteiger charge is -2.24. The average molecular weight is 635 g/mol. The van der Waals surface area contributed by atoms with E-state index in [0.717, 1.165) is 21.6 Å². The first-order chi connectivity index (χ1) is 22.3. The Morgan fingerprint density at radius 1 is 0.978 bits per heavy atom. The molecule has 0 radical (unpaired) electrons. The Hall–Kier alpha value is -5.35. The zero-order valence-corrected chi connectivity index (χ0v) is 26.2.